The van der Waals surface area contributed by atoms with Gasteiger partial charge in [-0.1, -0.05) is 40.5 Å². The fourth-order valence-corrected chi connectivity index (χ4v) is 2.44. The lowest BCUT2D eigenvalue weighted by molar-refractivity contribution is 0.447. The van der Waals surface area contributed by atoms with E-state index in [-0.39, 0.29) is 0 Å². The van der Waals surface area contributed by atoms with E-state index in [0.29, 0.717) is 0 Å². The van der Waals surface area contributed by atoms with E-state index in [4.69, 9.17) is 0 Å². The van der Waals surface area contributed by atoms with Gasteiger partial charge < -0.3 is 0 Å². The molecule has 0 aromatic carbocycles. The van der Waals surface area contributed by atoms with Crippen LogP contribution in [0.2, 0.25) is 0 Å². The van der Waals surface area contributed by atoms with E-state index in [1.165, 1.54) is 12.8 Å². The zero-order chi connectivity index (χ0) is 7.72. The molecule has 4 unspecified atom stereocenters. The standard InChI is InChI=1S/C10H20/c1-5-7(3)10-8(4)9(10)6-2/h7-10H,5-6H2,1-4H3. The van der Waals surface area contributed by atoms with Gasteiger partial charge in [0.1, 0.15) is 0 Å². The summed E-state index contributed by atoms with van der Waals surface area (Å²) in [6, 6.07) is 0. The first kappa shape index (κ1) is 8.10. The van der Waals surface area contributed by atoms with Crippen LogP contribution in [0, 0.1) is 23.7 Å². The molecule has 1 rings (SSSR count). The Morgan fingerprint density at radius 3 is 2.20 bits per heavy atom. The highest BCUT2D eigenvalue weighted by Gasteiger charge is 2.46. The minimum atomic E-state index is 0.972. The molecule has 0 amide bonds. The van der Waals surface area contributed by atoms with E-state index in [9.17, 15) is 0 Å². The van der Waals surface area contributed by atoms with Crippen molar-refractivity contribution in [2.24, 2.45) is 23.7 Å². The lowest BCUT2D eigenvalue weighted by Crippen LogP contribution is -1.96. The van der Waals surface area contributed by atoms with E-state index >= 15 is 0 Å². The van der Waals surface area contributed by atoms with Crippen molar-refractivity contribution in [2.45, 2.75) is 40.5 Å². The first-order chi connectivity index (χ1) is 4.72. The number of hydrogen-bond donors (Lipinski definition) is 0. The van der Waals surface area contributed by atoms with Gasteiger partial charge in [0.2, 0.25) is 0 Å². The minimum absolute atomic E-state index is 0.972. The Morgan fingerprint density at radius 1 is 1.30 bits per heavy atom. The van der Waals surface area contributed by atoms with Crippen LogP contribution < -0.4 is 0 Å². The number of rotatable bonds is 3. The van der Waals surface area contributed by atoms with Gasteiger partial charge in [0.05, 0.1) is 0 Å². The first-order valence-electron chi connectivity index (χ1n) is 4.72. The summed E-state index contributed by atoms with van der Waals surface area (Å²) in [5.41, 5.74) is 0. The second-order valence-corrected chi connectivity index (χ2v) is 3.89. The third kappa shape index (κ3) is 1.21. The van der Waals surface area contributed by atoms with Crippen LogP contribution in [0.5, 0.6) is 0 Å². The first-order valence-corrected chi connectivity index (χ1v) is 4.72. The molecule has 0 aliphatic heterocycles. The van der Waals surface area contributed by atoms with E-state index in [1.54, 1.807) is 0 Å². The van der Waals surface area contributed by atoms with Gasteiger partial charge in [-0.05, 0) is 23.7 Å². The Balaban J connectivity index is 2.32. The molecule has 4 atom stereocenters. The fraction of sp³-hybridized carbons (Fsp3) is 1.00. The van der Waals surface area contributed by atoms with Crippen LogP contribution >= 0.6 is 0 Å². The Morgan fingerprint density at radius 2 is 1.90 bits per heavy atom. The molecule has 1 aliphatic rings. The topological polar surface area (TPSA) is 0 Å². The third-order valence-corrected chi connectivity index (χ3v) is 3.41. The van der Waals surface area contributed by atoms with Crippen molar-refractivity contribution in [1.82, 2.24) is 0 Å². The van der Waals surface area contributed by atoms with Crippen LogP contribution in [0.25, 0.3) is 0 Å². The maximum Gasteiger partial charge on any atom is -0.0329 e. The predicted molar refractivity (Wildman–Crippen MR) is 45.9 cm³/mol. The molecule has 0 heterocycles. The van der Waals surface area contributed by atoms with Crippen molar-refractivity contribution in [3.05, 3.63) is 0 Å². The van der Waals surface area contributed by atoms with Gasteiger partial charge >= 0.3 is 0 Å². The monoisotopic (exact) mass is 140 g/mol. The van der Waals surface area contributed by atoms with Gasteiger partial charge in [-0.3, -0.25) is 0 Å². The van der Waals surface area contributed by atoms with E-state index < -0.39 is 0 Å². The SMILES string of the molecule is CCC(C)C1C(C)C1CC. The average Bonchev–Trinajstić information content (AvgIpc) is 2.59. The van der Waals surface area contributed by atoms with Gasteiger partial charge in [0, 0.05) is 0 Å². The van der Waals surface area contributed by atoms with Crippen LogP contribution in [-0.4, -0.2) is 0 Å². The van der Waals surface area contributed by atoms with Crippen molar-refractivity contribution >= 4 is 0 Å². The van der Waals surface area contributed by atoms with Crippen molar-refractivity contribution in [2.75, 3.05) is 0 Å². The summed E-state index contributed by atoms with van der Waals surface area (Å²) in [5.74, 6) is 4.13. The Hall–Kier alpha value is 0. The molecule has 10 heavy (non-hydrogen) atoms. The largest absolute Gasteiger partial charge is 0.0651 e. The second-order valence-electron chi connectivity index (χ2n) is 3.89. The molecule has 0 aromatic rings. The summed E-state index contributed by atoms with van der Waals surface area (Å²) in [4.78, 5) is 0. The lowest BCUT2D eigenvalue weighted by Gasteiger charge is -2.05. The van der Waals surface area contributed by atoms with E-state index in [0.717, 1.165) is 23.7 Å². The highest BCUT2D eigenvalue weighted by atomic mass is 14.5. The summed E-state index contributed by atoms with van der Waals surface area (Å²) >= 11 is 0. The lowest BCUT2D eigenvalue weighted by atomic mass is 10.0. The molecule has 1 saturated carbocycles. The molecule has 0 aromatic heterocycles. The quantitative estimate of drug-likeness (QED) is 0.564. The van der Waals surface area contributed by atoms with Crippen LogP contribution in [0.3, 0.4) is 0 Å². The van der Waals surface area contributed by atoms with Gasteiger partial charge in [0.15, 0.2) is 0 Å². The molecule has 0 spiro atoms. The summed E-state index contributed by atoms with van der Waals surface area (Å²) in [6.07, 6.45) is 2.77. The summed E-state index contributed by atoms with van der Waals surface area (Å²) < 4.78 is 0. The average molecular weight is 140 g/mol. The summed E-state index contributed by atoms with van der Waals surface area (Å²) in [7, 11) is 0. The number of hydrogen-bond acceptors (Lipinski definition) is 0. The molecule has 1 fully saturated rings. The van der Waals surface area contributed by atoms with Crippen molar-refractivity contribution in [3.8, 4) is 0 Å². The van der Waals surface area contributed by atoms with Gasteiger partial charge in [-0.15, -0.1) is 0 Å². The molecular weight excluding hydrogens is 120 g/mol. The summed E-state index contributed by atoms with van der Waals surface area (Å²) in [6.45, 7) is 9.44. The fourth-order valence-electron chi connectivity index (χ4n) is 2.44. The highest BCUT2D eigenvalue weighted by Crippen LogP contribution is 2.53. The van der Waals surface area contributed by atoms with Crippen molar-refractivity contribution < 1.29 is 0 Å². The van der Waals surface area contributed by atoms with Crippen molar-refractivity contribution in [1.29, 1.82) is 0 Å². The van der Waals surface area contributed by atoms with E-state index in [2.05, 4.69) is 27.7 Å². The normalized spacial score (nSPS) is 41.4. The van der Waals surface area contributed by atoms with Gasteiger partial charge in [-0.25, -0.2) is 0 Å². The summed E-state index contributed by atoms with van der Waals surface area (Å²) in [5, 5.41) is 0. The predicted octanol–water partition coefficient (Wildman–Crippen LogP) is 3.32. The second kappa shape index (κ2) is 2.94. The van der Waals surface area contributed by atoms with Crippen LogP contribution in [0.15, 0.2) is 0 Å². The molecule has 0 N–H and O–H groups in total. The Labute approximate surface area is 65.0 Å². The highest BCUT2D eigenvalue weighted by molar-refractivity contribution is 4.95. The molecule has 1 aliphatic carbocycles. The maximum atomic E-state index is 2.41. The molecule has 0 radical (unpaired) electrons. The van der Waals surface area contributed by atoms with Crippen molar-refractivity contribution in [3.63, 3.8) is 0 Å². The van der Waals surface area contributed by atoms with E-state index in [1.807, 2.05) is 0 Å². The van der Waals surface area contributed by atoms with Gasteiger partial charge in [-0.2, -0.15) is 0 Å². The smallest absolute Gasteiger partial charge is 0.0329 e. The van der Waals surface area contributed by atoms with Crippen LogP contribution in [0.4, 0.5) is 0 Å². The molecule has 0 heteroatoms. The Bertz CT molecular complexity index is 101. The maximum absolute atomic E-state index is 2.41. The van der Waals surface area contributed by atoms with Crippen LogP contribution in [0.1, 0.15) is 40.5 Å². The van der Waals surface area contributed by atoms with Crippen LogP contribution in [-0.2, 0) is 0 Å². The molecule has 0 saturated heterocycles. The molecule has 60 valence electrons. The molecule has 0 bridgehead atoms. The zero-order valence-corrected chi connectivity index (χ0v) is 7.72. The minimum Gasteiger partial charge on any atom is -0.0651 e. The zero-order valence-electron chi connectivity index (χ0n) is 7.72. The molecule has 0 nitrogen and oxygen atoms in total. The molecular formula is C10H20. The van der Waals surface area contributed by atoms with Gasteiger partial charge in [0.25, 0.3) is 0 Å². The third-order valence-electron chi connectivity index (χ3n) is 3.41. The Kier molecular flexibility index (Phi) is 2.38.